The number of rotatable bonds is 8. The molecule has 1 heterocycles. The highest BCUT2D eigenvalue weighted by Crippen LogP contribution is 2.25. The number of benzene rings is 1. The molecule has 0 aliphatic heterocycles. The van der Waals surface area contributed by atoms with Crippen molar-refractivity contribution in [3.8, 4) is 0 Å². The minimum atomic E-state index is -0.521. The van der Waals surface area contributed by atoms with Gasteiger partial charge in [0.05, 0.1) is 11.5 Å². The van der Waals surface area contributed by atoms with Crippen molar-refractivity contribution >= 4 is 17.3 Å². The number of nitrogens with one attached hydrogen (secondary N) is 2. The van der Waals surface area contributed by atoms with E-state index in [1.54, 1.807) is 31.6 Å². The van der Waals surface area contributed by atoms with E-state index in [2.05, 4.69) is 15.6 Å². The Labute approximate surface area is 139 Å². The number of ether oxygens (including phenoxy) is 1. The van der Waals surface area contributed by atoms with Crippen LogP contribution in [0.3, 0.4) is 0 Å². The molecule has 0 radical (unpaired) electrons. The van der Waals surface area contributed by atoms with Crippen molar-refractivity contribution in [1.82, 2.24) is 10.3 Å². The van der Waals surface area contributed by atoms with Gasteiger partial charge in [0.2, 0.25) is 0 Å². The van der Waals surface area contributed by atoms with Crippen molar-refractivity contribution in [2.75, 3.05) is 25.6 Å². The normalized spacial score (nSPS) is 10.2. The first kappa shape index (κ1) is 17.4. The number of amides is 1. The zero-order valence-corrected chi connectivity index (χ0v) is 13.2. The maximum Gasteiger partial charge on any atom is 0.293 e. The van der Waals surface area contributed by atoms with Crippen molar-refractivity contribution in [3.05, 3.63) is 64.0 Å². The smallest absolute Gasteiger partial charge is 0.293 e. The van der Waals surface area contributed by atoms with E-state index in [0.717, 1.165) is 5.56 Å². The van der Waals surface area contributed by atoms with Gasteiger partial charge in [-0.1, -0.05) is 6.07 Å². The number of nitrogens with zero attached hydrogens (tertiary/aromatic N) is 2. The van der Waals surface area contributed by atoms with Crippen LogP contribution >= 0.6 is 0 Å². The highest BCUT2D eigenvalue weighted by Gasteiger charge is 2.17. The lowest BCUT2D eigenvalue weighted by molar-refractivity contribution is -0.384. The fourth-order valence-corrected chi connectivity index (χ4v) is 2.05. The van der Waals surface area contributed by atoms with Gasteiger partial charge in [-0.15, -0.1) is 0 Å². The van der Waals surface area contributed by atoms with Gasteiger partial charge in [-0.3, -0.25) is 19.9 Å². The summed E-state index contributed by atoms with van der Waals surface area (Å²) >= 11 is 0. The monoisotopic (exact) mass is 330 g/mol. The van der Waals surface area contributed by atoms with Crippen LogP contribution in [0.1, 0.15) is 15.9 Å². The zero-order valence-electron chi connectivity index (χ0n) is 13.2. The number of carbonyl (C=O) groups excluding carboxylic acids is 1. The number of hydrogen-bond acceptors (Lipinski definition) is 6. The maximum atomic E-state index is 12.2. The minimum absolute atomic E-state index is 0.153. The molecule has 2 N–H and O–H groups in total. The Morgan fingerprint density at radius 2 is 2.21 bits per heavy atom. The number of methoxy groups -OCH3 is 1. The second-order valence-corrected chi connectivity index (χ2v) is 4.95. The molecule has 0 aliphatic carbocycles. The van der Waals surface area contributed by atoms with E-state index in [0.29, 0.717) is 25.4 Å². The van der Waals surface area contributed by atoms with Crippen LogP contribution in [-0.4, -0.2) is 36.1 Å². The Balaban J connectivity index is 2.07. The molecule has 0 saturated heterocycles. The Morgan fingerprint density at radius 1 is 1.38 bits per heavy atom. The number of anilines is 1. The molecule has 8 nitrogen and oxygen atoms in total. The molecule has 0 atom stereocenters. The van der Waals surface area contributed by atoms with Crippen molar-refractivity contribution in [1.29, 1.82) is 0 Å². The largest absolute Gasteiger partial charge is 0.383 e. The van der Waals surface area contributed by atoms with E-state index in [9.17, 15) is 14.9 Å². The van der Waals surface area contributed by atoms with E-state index in [4.69, 9.17) is 4.74 Å². The van der Waals surface area contributed by atoms with Crippen molar-refractivity contribution in [3.63, 3.8) is 0 Å². The summed E-state index contributed by atoms with van der Waals surface area (Å²) in [6.45, 7) is 1.16. The lowest BCUT2D eigenvalue weighted by Gasteiger charge is -2.09. The van der Waals surface area contributed by atoms with Gasteiger partial charge < -0.3 is 15.4 Å². The molecule has 1 aromatic carbocycles. The number of aromatic nitrogens is 1. The summed E-state index contributed by atoms with van der Waals surface area (Å²) in [4.78, 5) is 26.8. The Hall–Kier alpha value is -3.00. The van der Waals surface area contributed by atoms with Crippen LogP contribution in [0.4, 0.5) is 11.4 Å². The van der Waals surface area contributed by atoms with E-state index < -0.39 is 4.92 Å². The average molecular weight is 330 g/mol. The predicted octanol–water partition coefficient (Wildman–Crippen LogP) is 1.98. The molecule has 8 heteroatoms. The Bertz CT molecular complexity index is 706. The molecule has 0 saturated carbocycles. The van der Waals surface area contributed by atoms with Gasteiger partial charge >= 0.3 is 0 Å². The Morgan fingerprint density at radius 3 is 2.88 bits per heavy atom. The number of nitro benzene ring substituents is 1. The quantitative estimate of drug-likeness (QED) is 0.435. The van der Waals surface area contributed by atoms with Crippen molar-refractivity contribution in [2.45, 2.75) is 6.54 Å². The molecular formula is C16H18N4O4. The molecule has 1 aromatic heterocycles. The predicted molar refractivity (Wildman–Crippen MR) is 88.9 cm³/mol. The molecule has 0 unspecified atom stereocenters. The van der Waals surface area contributed by atoms with Gasteiger partial charge in [-0.2, -0.15) is 0 Å². The van der Waals surface area contributed by atoms with Crippen LogP contribution in [-0.2, 0) is 11.3 Å². The van der Waals surface area contributed by atoms with Crippen LogP contribution in [0.5, 0.6) is 0 Å². The summed E-state index contributed by atoms with van der Waals surface area (Å²) in [6, 6.07) is 7.92. The molecule has 0 bridgehead atoms. The topological polar surface area (TPSA) is 106 Å². The average Bonchev–Trinajstić information content (AvgIpc) is 2.60. The van der Waals surface area contributed by atoms with E-state index in [1.165, 1.54) is 12.1 Å². The highest BCUT2D eigenvalue weighted by molar-refractivity contribution is 5.95. The standard InChI is InChI=1S/C16H18N4O4/c1-24-8-7-18-14-5-4-13(9-15(14)20(22)23)16(21)19-11-12-3-2-6-17-10-12/h2-6,9-10,18H,7-8,11H2,1H3,(H,19,21). The molecule has 126 valence electrons. The van der Waals surface area contributed by atoms with Crippen LogP contribution in [0.2, 0.25) is 0 Å². The summed E-state index contributed by atoms with van der Waals surface area (Å²) in [5.74, 6) is -0.384. The van der Waals surface area contributed by atoms with Gasteiger partial charge in [-0.25, -0.2) is 0 Å². The van der Waals surface area contributed by atoms with E-state index in [-0.39, 0.29) is 17.2 Å². The maximum absolute atomic E-state index is 12.2. The van der Waals surface area contributed by atoms with Gasteiger partial charge in [0.1, 0.15) is 5.69 Å². The van der Waals surface area contributed by atoms with Crippen LogP contribution in [0.25, 0.3) is 0 Å². The first-order chi connectivity index (χ1) is 11.6. The van der Waals surface area contributed by atoms with Gasteiger partial charge in [0, 0.05) is 44.2 Å². The number of carbonyl (C=O) groups is 1. The lowest BCUT2D eigenvalue weighted by atomic mass is 10.1. The molecule has 1 amide bonds. The molecule has 0 fully saturated rings. The van der Waals surface area contributed by atoms with Gasteiger partial charge in [-0.05, 0) is 23.8 Å². The van der Waals surface area contributed by atoms with Gasteiger partial charge in [0.25, 0.3) is 11.6 Å². The van der Waals surface area contributed by atoms with Crippen LogP contribution < -0.4 is 10.6 Å². The van der Waals surface area contributed by atoms with Crippen LogP contribution in [0, 0.1) is 10.1 Å². The summed E-state index contributed by atoms with van der Waals surface area (Å²) < 4.78 is 4.90. The SMILES string of the molecule is COCCNc1ccc(C(=O)NCc2cccnc2)cc1[N+](=O)[O-]. The summed E-state index contributed by atoms with van der Waals surface area (Å²) in [5.41, 5.74) is 1.27. The molecule has 0 aliphatic rings. The second-order valence-electron chi connectivity index (χ2n) is 4.95. The summed E-state index contributed by atoms with van der Waals surface area (Å²) in [6.07, 6.45) is 3.29. The number of hydrogen-bond donors (Lipinski definition) is 2. The first-order valence-corrected chi connectivity index (χ1v) is 7.30. The molecular weight excluding hydrogens is 312 g/mol. The molecule has 24 heavy (non-hydrogen) atoms. The van der Waals surface area contributed by atoms with Crippen LogP contribution in [0.15, 0.2) is 42.7 Å². The van der Waals surface area contributed by atoms with E-state index in [1.807, 2.05) is 6.07 Å². The van der Waals surface area contributed by atoms with Crippen molar-refractivity contribution < 1.29 is 14.5 Å². The molecule has 2 rings (SSSR count). The van der Waals surface area contributed by atoms with Crippen molar-refractivity contribution in [2.24, 2.45) is 0 Å². The summed E-state index contributed by atoms with van der Waals surface area (Å²) in [5, 5.41) is 16.8. The fraction of sp³-hybridized carbons (Fsp3) is 0.250. The van der Waals surface area contributed by atoms with E-state index >= 15 is 0 Å². The summed E-state index contributed by atoms with van der Waals surface area (Å²) in [7, 11) is 1.55. The third-order valence-electron chi connectivity index (χ3n) is 3.25. The first-order valence-electron chi connectivity index (χ1n) is 7.30. The zero-order chi connectivity index (χ0) is 17.4. The highest BCUT2D eigenvalue weighted by atomic mass is 16.6. The number of nitro groups is 1. The Kier molecular flexibility index (Phi) is 6.21. The second kappa shape index (κ2) is 8.59. The number of pyridine rings is 1. The lowest BCUT2D eigenvalue weighted by Crippen LogP contribution is -2.23. The fourth-order valence-electron chi connectivity index (χ4n) is 2.05. The van der Waals surface area contributed by atoms with Gasteiger partial charge in [0.15, 0.2) is 0 Å². The minimum Gasteiger partial charge on any atom is -0.383 e. The molecule has 0 spiro atoms. The third-order valence-corrected chi connectivity index (χ3v) is 3.25. The molecule has 2 aromatic rings. The third kappa shape index (κ3) is 4.75.